The van der Waals surface area contributed by atoms with E-state index in [1.165, 1.54) is 22.0 Å². The summed E-state index contributed by atoms with van der Waals surface area (Å²) in [5, 5.41) is 22.6. The second kappa shape index (κ2) is 22.6. The molecule has 0 saturated carbocycles. The van der Waals surface area contributed by atoms with E-state index in [1.54, 1.807) is 12.3 Å². The number of aromatic nitrogens is 1. The third-order valence-corrected chi connectivity index (χ3v) is 9.43. The quantitative estimate of drug-likeness (QED) is 0.0655. The number of hydrogen-bond donors (Lipinski definition) is 5. The number of carboxylic acid groups (broad SMARTS) is 1. The number of aliphatic hydroxyl groups is 1. The zero-order valence-corrected chi connectivity index (χ0v) is 34.0. The van der Waals surface area contributed by atoms with Crippen LogP contribution in [-0.2, 0) is 35.3 Å². The molecule has 332 valence electrons. The number of imide groups is 1. The number of carbonyl (C=O) groups is 6. The van der Waals surface area contributed by atoms with Gasteiger partial charge in [0.15, 0.2) is 0 Å². The van der Waals surface area contributed by atoms with Crippen LogP contribution in [-0.4, -0.2) is 105 Å². The Balaban J connectivity index is 0.00000130. The lowest BCUT2D eigenvalue weighted by Gasteiger charge is -2.41. The summed E-state index contributed by atoms with van der Waals surface area (Å²) in [4.78, 5) is 73.3. The Hall–Kier alpha value is -5.95. The number of alkyl halides is 3. The summed E-state index contributed by atoms with van der Waals surface area (Å²) < 4.78 is 62.9. The normalized spacial score (nSPS) is 13.6. The number of carboxylic acids is 1. The molecule has 2 aromatic carbocycles. The number of halogens is 5. The van der Waals surface area contributed by atoms with Crippen molar-refractivity contribution >= 4 is 35.5 Å². The Morgan fingerprint density at radius 2 is 1.51 bits per heavy atom. The number of nitrogens with zero attached hydrogens (tertiary/aromatic N) is 3. The minimum absolute atomic E-state index is 0.00339. The Kier molecular flexibility index (Phi) is 18.3. The zero-order chi connectivity index (χ0) is 45.5. The van der Waals surface area contributed by atoms with Crippen LogP contribution in [0.2, 0.25) is 0 Å². The van der Waals surface area contributed by atoms with E-state index in [0.29, 0.717) is 43.6 Å². The zero-order valence-electron chi connectivity index (χ0n) is 34.0. The molecule has 2 heterocycles. The fourth-order valence-corrected chi connectivity index (χ4v) is 6.50. The molecule has 5 amide bonds. The molecule has 19 heteroatoms. The minimum atomic E-state index is -5.08. The highest BCUT2D eigenvalue weighted by Crippen LogP contribution is 2.41. The van der Waals surface area contributed by atoms with Crippen molar-refractivity contribution in [3.05, 3.63) is 95.8 Å². The highest BCUT2D eigenvalue weighted by Gasteiger charge is 2.39. The molecule has 0 aliphatic carbocycles. The van der Waals surface area contributed by atoms with E-state index in [2.05, 4.69) is 10.6 Å². The molecule has 6 N–H and O–H groups in total. The first-order valence-electron chi connectivity index (χ1n) is 19.4. The van der Waals surface area contributed by atoms with E-state index in [-0.39, 0.29) is 55.8 Å². The van der Waals surface area contributed by atoms with E-state index in [1.807, 2.05) is 55.7 Å². The molecule has 0 fully saturated rings. The molecule has 1 aliphatic heterocycles. The van der Waals surface area contributed by atoms with Gasteiger partial charge in [0, 0.05) is 74.3 Å². The average Bonchev–Trinajstić information content (AvgIpc) is 3.75. The predicted octanol–water partition coefficient (Wildman–Crippen LogP) is 4.46. The third-order valence-electron chi connectivity index (χ3n) is 9.43. The van der Waals surface area contributed by atoms with Crippen LogP contribution in [0.25, 0.3) is 11.1 Å². The van der Waals surface area contributed by atoms with Crippen LogP contribution >= 0.6 is 0 Å². The third kappa shape index (κ3) is 15.2. The minimum Gasteiger partial charge on any atom is -0.475 e. The van der Waals surface area contributed by atoms with Gasteiger partial charge in [-0.2, -0.15) is 13.2 Å². The van der Waals surface area contributed by atoms with Crippen LogP contribution in [0.1, 0.15) is 70.2 Å². The molecule has 0 bridgehead atoms. The molecule has 0 spiro atoms. The van der Waals surface area contributed by atoms with Crippen molar-refractivity contribution in [1.82, 2.24) is 25.0 Å². The Morgan fingerprint density at radius 1 is 0.885 bits per heavy atom. The number of nitrogens with one attached hydrogen (secondary N) is 2. The number of rotatable bonds is 19. The number of carbonyl (C=O) groups excluding carboxylic acids is 5. The maximum atomic E-state index is 15.0. The van der Waals surface area contributed by atoms with Crippen molar-refractivity contribution in [3.63, 3.8) is 0 Å². The summed E-state index contributed by atoms with van der Waals surface area (Å²) in [5.41, 5.74) is 7.66. The van der Waals surface area contributed by atoms with Crippen LogP contribution in [0.15, 0.2) is 72.9 Å². The highest BCUT2D eigenvalue weighted by atomic mass is 19.4. The largest absolute Gasteiger partial charge is 0.490 e. The number of nitrogens with two attached hydrogens (primary N) is 1. The maximum Gasteiger partial charge on any atom is 0.490 e. The fraction of sp³-hybridized carbons (Fsp3) is 0.429. The summed E-state index contributed by atoms with van der Waals surface area (Å²) in [6, 6.07) is 12.8. The Morgan fingerprint density at radius 3 is 2.10 bits per heavy atom. The SMILES string of the molecule is CC(C)(C)[C@H](c1cc(-c2cc(F)ccc2F)cn1Cc1ccccc1)N(CC[C@H](N)C(=O)NCCNC(=O)CCCCCN1C(=O)C=CC1=O)C(=O)CO.O=C(O)C(F)(F)F. The molecule has 1 aliphatic rings. The first-order valence-corrected chi connectivity index (χ1v) is 19.4. The van der Waals surface area contributed by atoms with Gasteiger partial charge < -0.3 is 36.0 Å². The molecule has 0 saturated heterocycles. The Labute approximate surface area is 349 Å². The maximum absolute atomic E-state index is 15.0. The van der Waals surface area contributed by atoms with Crippen molar-refractivity contribution in [2.45, 2.75) is 77.7 Å². The van der Waals surface area contributed by atoms with Crippen LogP contribution in [0, 0.1) is 17.0 Å². The van der Waals surface area contributed by atoms with Gasteiger partial charge in [0.2, 0.25) is 17.7 Å². The second-order valence-electron chi connectivity index (χ2n) is 15.2. The molecule has 61 heavy (non-hydrogen) atoms. The standard InChI is InChI=1S/C40H50F2N6O6.C2HF3O2/c1-40(2,3)38(33-22-28(30-23-29(41)13-14-31(30)42)25-46(33)24-27-10-6-4-7-11-27)48(37(53)26-49)21-17-32(43)39(54)45-19-18-44-34(50)12-8-5-9-20-47-35(51)15-16-36(47)52;3-2(4,5)1(6)7/h4,6-7,10-11,13-16,22-23,25,32,38,49H,5,8-9,12,17-21,24,26,43H2,1-3H3,(H,44,50)(H,45,54);(H,6,7)/t32-,38-;/m0./s1. The number of unbranched alkanes of at least 4 members (excludes halogenated alkanes) is 2. The van der Waals surface area contributed by atoms with Gasteiger partial charge in [0.05, 0.1) is 12.1 Å². The summed E-state index contributed by atoms with van der Waals surface area (Å²) >= 11 is 0. The van der Waals surface area contributed by atoms with Gasteiger partial charge in [-0.15, -0.1) is 0 Å². The topological polar surface area (TPSA) is 204 Å². The summed E-state index contributed by atoms with van der Waals surface area (Å²) in [7, 11) is 0. The van der Waals surface area contributed by atoms with E-state index in [4.69, 9.17) is 15.6 Å². The van der Waals surface area contributed by atoms with Gasteiger partial charge in [-0.3, -0.25) is 28.9 Å². The number of amides is 5. The van der Waals surface area contributed by atoms with Gasteiger partial charge in [0.1, 0.15) is 18.2 Å². The van der Waals surface area contributed by atoms with Crippen LogP contribution in [0.5, 0.6) is 0 Å². The summed E-state index contributed by atoms with van der Waals surface area (Å²) in [6.07, 6.45) is 1.24. The lowest BCUT2D eigenvalue weighted by molar-refractivity contribution is -0.192. The van der Waals surface area contributed by atoms with E-state index >= 15 is 4.39 Å². The fourth-order valence-electron chi connectivity index (χ4n) is 6.50. The smallest absolute Gasteiger partial charge is 0.475 e. The molecule has 4 rings (SSSR count). The van der Waals surface area contributed by atoms with E-state index in [0.717, 1.165) is 23.8 Å². The molecular formula is C42H51F5N6O8. The van der Waals surface area contributed by atoms with Crippen LogP contribution in [0.4, 0.5) is 22.0 Å². The number of benzene rings is 2. The van der Waals surface area contributed by atoms with Gasteiger partial charge in [-0.1, -0.05) is 57.5 Å². The van der Waals surface area contributed by atoms with Crippen molar-refractivity contribution < 1.29 is 60.9 Å². The van der Waals surface area contributed by atoms with Crippen molar-refractivity contribution in [2.24, 2.45) is 11.1 Å². The van der Waals surface area contributed by atoms with Gasteiger partial charge in [-0.05, 0) is 54.5 Å². The summed E-state index contributed by atoms with van der Waals surface area (Å²) in [5.74, 6) is -5.89. The van der Waals surface area contributed by atoms with E-state index in [9.17, 15) is 46.6 Å². The number of aliphatic carboxylic acids is 1. The van der Waals surface area contributed by atoms with Crippen molar-refractivity contribution in [2.75, 3.05) is 32.8 Å². The number of aliphatic hydroxyl groups excluding tert-OH is 1. The number of hydrogen-bond acceptors (Lipinski definition) is 8. The molecule has 3 aromatic rings. The molecule has 0 radical (unpaired) electrons. The van der Waals surface area contributed by atoms with Crippen molar-refractivity contribution in [3.8, 4) is 11.1 Å². The Bertz CT molecular complexity index is 2020. The van der Waals surface area contributed by atoms with Crippen molar-refractivity contribution in [1.29, 1.82) is 0 Å². The lowest BCUT2D eigenvalue weighted by atomic mass is 9.82. The molecule has 2 atom stereocenters. The first kappa shape index (κ1) is 49.4. The molecule has 0 unspecified atom stereocenters. The lowest BCUT2D eigenvalue weighted by Crippen LogP contribution is -2.48. The van der Waals surface area contributed by atoms with Gasteiger partial charge >= 0.3 is 12.1 Å². The monoisotopic (exact) mass is 862 g/mol. The average molecular weight is 863 g/mol. The molecular weight excluding hydrogens is 811 g/mol. The van der Waals surface area contributed by atoms with E-state index < -0.39 is 59.7 Å². The summed E-state index contributed by atoms with van der Waals surface area (Å²) in [6.45, 7) is 5.95. The van der Waals surface area contributed by atoms with Gasteiger partial charge in [0.25, 0.3) is 11.8 Å². The molecule has 14 nitrogen and oxygen atoms in total. The van der Waals surface area contributed by atoms with Gasteiger partial charge in [-0.25, -0.2) is 13.6 Å². The highest BCUT2D eigenvalue weighted by molar-refractivity contribution is 6.12. The van der Waals surface area contributed by atoms with Crippen LogP contribution < -0.4 is 16.4 Å². The second-order valence-corrected chi connectivity index (χ2v) is 15.2. The first-order chi connectivity index (χ1) is 28.6. The predicted molar refractivity (Wildman–Crippen MR) is 213 cm³/mol. The molecule has 1 aromatic heterocycles. The van der Waals surface area contributed by atoms with Crippen LogP contribution in [0.3, 0.4) is 0 Å².